The van der Waals surface area contributed by atoms with Crippen LogP contribution < -0.4 is 5.32 Å². The van der Waals surface area contributed by atoms with E-state index in [1.165, 1.54) is 27.8 Å². The minimum atomic E-state index is 0.216. The Labute approximate surface area is 122 Å². The van der Waals surface area contributed by atoms with Gasteiger partial charge in [-0.05, 0) is 69.0 Å². The Morgan fingerprint density at radius 2 is 1.70 bits per heavy atom. The molecule has 0 aliphatic carbocycles. The van der Waals surface area contributed by atoms with Crippen LogP contribution in [0.1, 0.15) is 53.0 Å². The Morgan fingerprint density at radius 3 is 2.30 bits per heavy atom. The number of nitrogens with one attached hydrogen (secondary N) is 1. The number of furan rings is 1. The Balaban J connectivity index is 2.46. The smallest absolute Gasteiger partial charge is 0.105 e. The first-order chi connectivity index (χ1) is 9.54. The fourth-order valence-corrected chi connectivity index (χ4v) is 2.66. The lowest BCUT2D eigenvalue weighted by Gasteiger charge is -2.22. The lowest BCUT2D eigenvalue weighted by atomic mass is 9.92. The van der Waals surface area contributed by atoms with Gasteiger partial charge in [0.05, 0.1) is 12.3 Å². The first kappa shape index (κ1) is 14.9. The zero-order chi connectivity index (χ0) is 14.7. The van der Waals surface area contributed by atoms with Crippen LogP contribution in [0.4, 0.5) is 0 Å². The third-order valence-corrected chi connectivity index (χ3v) is 4.00. The minimum absolute atomic E-state index is 0.216. The molecule has 108 valence electrons. The molecule has 0 aliphatic heterocycles. The first-order valence-corrected chi connectivity index (χ1v) is 7.39. The van der Waals surface area contributed by atoms with Gasteiger partial charge >= 0.3 is 0 Å². The van der Waals surface area contributed by atoms with Crippen LogP contribution in [-0.4, -0.2) is 6.54 Å². The normalized spacial score (nSPS) is 12.7. The average Bonchev–Trinajstić information content (AvgIpc) is 2.82. The zero-order valence-corrected chi connectivity index (χ0v) is 13.2. The standard InChI is InChI=1S/C18H25NO/c1-6-8-19-18(16-7-9-20-15(16)5)17-11-13(3)12(2)10-14(17)4/h7,9-11,18-19H,6,8H2,1-5H3. The van der Waals surface area contributed by atoms with Gasteiger partial charge < -0.3 is 9.73 Å². The second-order valence-corrected chi connectivity index (χ2v) is 5.61. The predicted molar refractivity (Wildman–Crippen MR) is 84.2 cm³/mol. The topological polar surface area (TPSA) is 25.2 Å². The second kappa shape index (κ2) is 6.27. The van der Waals surface area contributed by atoms with Crippen LogP contribution in [0.5, 0.6) is 0 Å². The third-order valence-electron chi connectivity index (χ3n) is 4.00. The maximum absolute atomic E-state index is 5.50. The molecular formula is C18H25NO. The SMILES string of the molecule is CCCNC(c1cc(C)c(C)cc1C)c1ccoc1C. The van der Waals surface area contributed by atoms with Crippen molar-refractivity contribution in [3.63, 3.8) is 0 Å². The molecule has 1 atom stereocenters. The summed E-state index contributed by atoms with van der Waals surface area (Å²) in [5, 5.41) is 3.66. The van der Waals surface area contributed by atoms with Crippen LogP contribution in [0.3, 0.4) is 0 Å². The second-order valence-electron chi connectivity index (χ2n) is 5.61. The van der Waals surface area contributed by atoms with Gasteiger partial charge in [0.1, 0.15) is 5.76 Å². The monoisotopic (exact) mass is 271 g/mol. The molecule has 1 aromatic heterocycles. The van der Waals surface area contributed by atoms with Gasteiger partial charge in [-0.2, -0.15) is 0 Å². The summed E-state index contributed by atoms with van der Waals surface area (Å²) in [5.74, 6) is 0.997. The molecule has 2 nitrogen and oxygen atoms in total. The van der Waals surface area contributed by atoms with Crippen molar-refractivity contribution < 1.29 is 4.42 Å². The summed E-state index contributed by atoms with van der Waals surface area (Å²) in [6, 6.07) is 6.88. The average molecular weight is 271 g/mol. The Morgan fingerprint density at radius 1 is 1.00 bits per heavy atom. The molecule has 0 radical (unpaired) electrons. The van der Waals surface area contributed by atoms with Gasteiger partial charge in [0, 0.05) is 5.56 Å². The van der Waals surface area contributed by atoms with E-state index in [9.17, 15) is 0 Å². The van der Waals surface area contributed by atoms with E-state index in [1.807, 2.05) is 6.92 Å². The number of aryl methyl sites for hydroxylation is 4. The minimum Gasteiger partial charge on any atom is -0.469 e. The molecule has 0 amide bonds. The number of rotatable bonds is 5. The molecule has 1 aromatic carbocycles. The van der Waals surface area contributed by atoms with Crippen molar-refractivity contribution in [2.75, 3.05) is 6.54 Å². The van der Waals surface area contributed by atoms with Gasteiger partial charge in [0.15, 0.2) is 0 Å². The Hall–Kier alpha value is -1.54. The van der Waals surface area contributed by atoms with Crippen molar-refractivity contribution in [1.29, 1.82) is 0 Å². The molecule has 0 saturated carbocycles. The van der Waals surface area contributed by atoms with Crippen LogP contribution in [0, 0.1) is 27.7 Å². The zero-order valence-electron chi connectivity index (χ0n) is 13.2. The van der Waals surface area contributed by atoms with E-state index >= 15 is 0 Å². The van der Waals surface area contributed by atoms with E-state index in [-0.39, 0.29) is 6.04 Å². The van der Waals surface area contributed by atoms with Crippen molar-refractivity contribution in [2.24, 2.45) is 0 Å². The van der Waals surface area contributed by atoms with Crippen molar-refractivity contribution >= 4 is 0 Å². The van der Waals surface area contributed by atoms with E-state index in [2.05, 4.69) is 51.2 Å². The largest absolute Gasteiger partial charge is 0.469 e. The first-order valence-electron chi connectivity index (χ1n) is 7.39. The van der Waals surface area contributed by atoms with E-state index < -0.39 is 0 Å². The van der Waals surface area contributed by atoms with Crippen LogP contribution in [0.15, 0.2) is 28.9 Å². The molecule has 2 aromatic rings. The third kappa shape index (κ3) is 2.96. The van der Waals surface area contributed by atoms with Gasteiger partial charge in [-0.1, -0.05) is 19.1 Å². The fraction of sp³-hybridized carbons (Fsp3) is 0.444. The van der Waals surface area contributed by atoms with Gasteiger partial charge in [-0.25, -0.2) is 0 Å². The lowest BCUT2D eigenvalue weighted by Crippen LogP contribution is -2.24. The molecule has 0 saturated heterocycles. The Kier molecular flexibility index (Phi) is 4.66. The number of hydrogen-bond acceptors (Lipinski definition) is 2. The summed E-state index contributed by atoms with van der Waals surface area (Å²) in [5.41, 5.74) is 6.62. The van der Waals surface area contributed by atoms with Gasteiger partial charge in [0.2, 0.25) is 0 Å². The summed E-state index contributed by atoms with van der Waals surface area (Å²) in [6.07, 6.45) is 2.90. The number of benzene rings is 1. The highest BCUT2D eigenvalue weighted by molar-refractivity contribution is 5.42. The summed E-state index contributed by atoms with van der Waals surface area (Å²) in [7, 11) is 0. The molecular weight excluding hydrogens is 246 g/mol. The molecule has 1 N–H and O–H groups in total. The van der Waals surface area contributed by atoms with E-state index in [0.29, 0.717) is 0 Å². The molecule has 0 bridgehead atoms. The summed E-state index contributed by atoms with van der Waals surface area (Å²) >= 11 is 0. The lowest BCUT2D eigenvalue weighted by molar-refractivity contribution is 0.517. The molecule has 1 heterocycles. The van der Waals surface area contributed by atoms with Gasteiger partial charge in [0.25, 0.3) is 0 Å². The summed E-state index contributed by atoms with van der Waals surface area (Å²) in [6.45, 7) is 11.8. The predicted octanol–water partition coefficient (Wildman–Crippen LogP) is 4.60. The van der Waals surface area contributed by atoms with Crippen molar-refractivity contribution in [3.8, 4) is 0 Å². The van der Waals surface area contributed by atoms with E-state index in [4.69, 9.17) is 4.42 Å². The van der Waals surface area contributed by atoms with E-state index in [0.717, 1.165) is 18.7 Å². The number of hydrogen-bond donors (Lipinski definition) is 1. The Bertz CT molecular complexity index is 583. The highest BCUT2D eigenvalue weighted by Gasteiger charge is 2.19. The van der Waals surface area contributed by atoms with Crippen molar-refractivity contribution in [1.82, 2.24) is 5.32 Å². The van der Waals surface area contributed by atoms with Crippen molar-refractivity contribution in [3.05, 3.63) is 58.0 Å². The molecule has 1 unspecified atom stereocenters. The highest BCUT2D eigenvalue weighted by Crippen LogP contribution is 2.29. The molecule has 20 heavy (non-hydrogen) atoms. The van der Waals surface area contributed by atoms with E-state index in [1.54, 1.807) is 6.26 Å². The van der Waals surface area contributed by atoms with Crippen LogP contribution in [-0.2, 0) is 0 Å². The molecule has 2 rings (SSSR count). The maximum atomic E-state index is 5.50. The summed E-state index contributed by atoms with van der Waals surface area (Å²) < 4.78 is 5.50. The van der Waals surface area contributed by atoms with Gasteiger partial charge in [-0.15, -0.1) is 0 Å². The van der Waals surface area contributed by atoms with Crippen molar-refractivity contribution in [2.45, 2.75) is 47.1 Å². The quantitative estimate of drug-likeness (QED) is 0.859. The van der Waals surface area contributed by atoms with Crippen LogP contribution in [0.2, 0.25) is 0 Å². The molecule has 0 aliphatic rings. The van der Waals surface area contributed by atoms with Crippen LogP contribution >= 0.6 is 0 Å². The molecule has 0 fully saturated rings. The maximum Gasteiger partial charge on any atom is 0.105 e. The fourth-order valence-electron chi connectivity index (χ4n) is 2.66. The summed E-state index contributed by atoms with van der Waals surface area (Å²) in [4.78, 5) is 0. The van der Waals surface area contributed by atoms with Gasteiger partial charge in [-0.3, -0.25) is 0 Å². The highest BCUT2D eigenvalue weighted by atomic mass is 16.3. The van der Waals surface area contributed by atoms with Crippen LogP contribution in [0.25, 0.3) is 0 Å². The molecule has 2 heteroatoms. The molecule has 0 spiro atoms.